The van der Waals surface area contributed by atoms with Crippen molar-refractivity contribution < 1.29 is 38.2 Å². The van der Waals surface area contributed by atoms with Gasteiger partial charge in [-0.2, -0.15) is 11.8 Å². The molecule has 0 unspecified atom stereocenters. The fourth-order valence-electron chi connectivity index (χ4n) is 5.78. The second-order valence-corrected chi connectivity index (χ2v) is 14.2. The third-order valence-corrected chi connectivity index (χ3v) is 11.1. The van der Waals surface area contributed by atoms with Crippen molar-refractivity contribution in [2.45, 2.75) is 24.9 Å². The molecule has 49 heavy (non-hydrogen) atoms. The van der Waals surface area contributed by atoms with Gasteiger partial charge < -0.3 is 35.2 Å². The number of aliphatic carboxylic acids is 1. The Kier molecular flexibility index (Phi) is 9.84. The number of anilines is 2. The van der Waals surface area contributed by atoms with Crippen LogP contribution in [0.1, 0.15) is 23.0 Å². The molecule has 2 atom stereocenters. The van der Waals surface area contributed by atoms with Gasteiger partial charge in [0.25, 0.3) is 11.8 Å². The first-order valence-corrected chi connectivity index (χ1v) is 18.0. The van der Waals surface area contributed by atoms with Crippen molar-refractivity contribution in [2.24, 2.45) is 5.16 Å². The molecule has 3 aliphatic rings. The van der Waals surface area contributed by atoms with E-state index in [1.165, 1.54) is 18.7 Å². The zero-order valence-electron chi connectivity index (χ0n) is 26.1. The van der Waals surface area contributed by atoms with Crippen LogP contribution in [0, 0.1) is 5.82 Å². The number of aromatic nitrogens is 2. The van der Waals surface area contributed by atoms with Crippen molar-refractivity contribution in [3.05, 3.63) is 62.3 Å². The Morgan fingerprint density at radius 2 is 1.98 bits per heavy atom. The maximum absolute atomic E-state index is 15.3. The number of carbonyl (C=O) groups is 4. The highest BCUT2D eigenvalue weighted by molar-refractivity contribution is 8.00. The molecule has 4 N–H and O–H groups in total. The molecule has 19 heteroatoms. The SMILES string of the molecule is CCn1cc(C(=O)OCC2=C(C(=O)O)N3C(=O)[C@@H](NC(=O)C(=NOC)c4csc(N)n4)[C@H]3SC2)c(=O)c2cc(F)c(N3CCSCC3)cc21. The minimum atomic E-state index is -1.44. The van der Waals surface area contributed by atoms with Gasteiger partial charge in [-0.25, -0.2) is 19.0 Å². The number of halogens is 1. The maximum atomic E-state index is 15.3. The van der Waals surface area contributed by atoms with E-state index in [0.717, 1.165) is 45.6 Å². The van der Waals surface area contributed by atoms with Gasteiger partial charge >= 0.3 is 11.9 Å². The van der Waals surface area contributed by atoms with Gasteiger partial charge in [0, 0.05) is 59.4 Å². The van der Waals surface area contributed by atoms with E-state index in [4.69, 9.17) is 15.3 Å². The zero-order valence-corrected chi connectivity index (χ0v) is 28.6. The van der Waals surface area contributed by atoms with Gasteiger partial charge in [-0.1, -0.05) is 5.16 Å². The monoisotopic (exact) mass is 731 g/mol. The summed E-state index contributed by atoms with van der Waals surface area (Å²) in [7, 11) is 1.23. The van der Waals surface area contributed by atoms with Gasteiger partial charge in [0.05, 0.1) is 11.2 Å². The third-order valence-electron chi connectivity index (χ3n) is 8.14. The lowest BCUT2D eigenvalue weighted by molar-refractivity contribution is -0.150. The Bertz CT molecular complexity index is 1990. The molecule has 0 spiro atoms. The number of rotatable bonds is 10. The average Bonchev–Trinajstić information content (AvgIpc) is 3.53. The van der Waals surface area contributed by atoms with Crippen LogP contribution in [0.25, 0.3) is 10.9 Å². The molecule has 258 valence electrons. The first-order valence-electron chi connectivity index (χ1n) is 14.9. The van der Waals surface area contributed by atoms with E-state index in [0.29, 0.717) is 30.8 Å². The number of hydrogen-bond acceptors (Lipinski definition) is 14. The number of nitrogens with one attached hydrogen (secondary N) is 1. The Balaban J connectivity index is 1.19. The van der Waals surface area contributed by atoms with E-state index in [1.54, 1.807) is 22.4 Å². The average molecular weight is 732 g/mol. The van der Waals surface area contributed by atoms with Crippen LogP contribution in [-0.4, -0.2) is 105 Å². The van der Waals surface area contributed by atoms with Crippen molar-refractivity contribution in [1.82, 2.24) is 19.8 Å². The van der Waals surface area contributed by atoms with Crippen molar-refractivity contribution in [3.63, 3.8) is 0 Å². The second-order valence-electron chi connectivity index (χ2n) is 11.0. The topological polar surface area (TPSA) is 199 Å². The van der Waals surface area contributed by atoms with Crippen LogP contribution in [-0.2, 0) is 30.5 Å². The number of ether oxygens (including phenoxy) is 1. The fourth-order valence-corrected chi connectivity index (χ4v) is 8.56. The largest absolute Gasteiger partial charge is 0.477 e. The smallest absolute Gasteiger partial charge is 0.352 e. The number of amides is 2. The molecule has 1 aromatic carbocycles. The van der Waals surface area contributed by atoms with E-state index >= 15 is 4.39 Å². The van der Waals surface area contributed by atoms with E-state index in [1.807, 2.05) is 11.8 Å². The molecule has 6 rings (SSSR count). The number of nitrogens with two attached hydrogens (primary N) is 1. The molecule has 2 amide bonds. The predicted molar refractivity (Wildman–Crippen MR) is 183 cm³/mol. The van der Waals surface area contributed by atoms with Gasteiger partial charge in [-0.05, 0) is 19.1 Å². The Morgan fingerprint density at radius 3 is 2.63 bits per heavy atom. The van der Waals surface area contributed by atoms with E-state index in [2.05, 4.69) is 15.5 Å². The zero-order chi connectivity index (χ0) is 35.0. The van der Waals surface area contributed by atoms with E-state index < -0.39 is 53.0 Å². The number of thiazole rings is 1. The number of nitrogens with zero attached hydrogens (tertiary/aromatic N) is 5. The third kappa shape index (κ3) is 6.44. The first kappa shape index (κ1) is 34.3. The summed E-state index contributed by atoms with van der Waals surface area (Å²) < 4.78 is 22.4. The minimum Gasteiger partial charge on any atom is -0.477 e. The van der Waals surface area contributed by atoms with Crippen molar-refractivity contribution >= 4 is 86.0 Å². The summed E-state index contributed by atoms with van der Waals surface area (Å²) in [6, 6.07) is 1.68. The fraction of sp³-hybridized carbons (Fsp3) is 0.367. The number of esters is 1. The van der Waals surface area contributed by atoms with Gasteiger partial charge in [0.1, 0.15) is 47.9 Å². The molecule has 2 saturated heterocycles. The lowest BCUT2D eigenvalue weighted by Gasteiger charge is -2.49. The number of oxime groups is 1. The molecule has 0 saturated carbocycles. The van der Waals surface area contributed by atoms with Gasteiger partial charge in [0.2, 0.25) is 5.43 Å². The molecule has 2 fully saturated rings. The van der Waals surface area contributed by atoms with Crippen LogP contribution < -0.4 is 21.4 Å². The Morgan fingerprint density at radius 1 is 1.22 bits per heavy atom. The highest BCUT2D eigenvalue weighted by Crippen LogP contribution is 2.40. The van der Waals surface area contributed by atoms with Crippen LogP contribution >= 0.6 is 34.9 Å². The number of carbonyl (C=O) groups excluding carboxylic acids is 3. The number of thioether (sulfide) groups is 2. The molecule has 0 radical (unpaired) electrons. The summed E-state index contributed by atoms with van der Waals surface area (Å²) in [5.74, 6) is -2.75. The number of nitrogen functional groups attached to an aromatic ring is 1. The van der Waals surface area contributed by atoms with Crippen molar-refractivity contribution in [1.29, 1.82) is 0 Å². The van der Waals surface area contributed by atoms with Gasteiger partial charge in [0.15, 0.2) is 10.8 Å². The number of hydrogen-bond donors (Lipinski definition) is 3. The van der Waals surface area contributed by atoms with Crippen molar-refractivity contribution in [3.8, 4) is 0 Å². The number of fused-ring (bicyclic) bond motifs is 2. The van der Waals surface area contributed by atoms with Crippen molar-refractivity contribution in [2.75, 3.05) is 54.7 Å². The van der Waals surface area contributed by atoms with Crippen LogP contribution in [0.15, 0.2) is 44.9 Å². The summed E-state index contributed by atoms with van der Waals surface area (Å²) in [6.45, 7) is 3.01. The molecular weight excluding hydrogens is 702 g/mol. The summed E-state index contributed by atoms with van der Waals surface area (Å²) in [6.07, 6.45) is 1.35. The Hall–Kier alpha value is -4.62. The summed E-state index contributed by atoms with van der Waals surface area (Å²) >= 11 is 4.02. The lowest BCUT2D eigenvalue weighted by Crippen LogP contribution is -2.71. The first-order chi connectivity index (χ1) is 23.5. The van der Waals surface area contributed by atoms with Crippen LogP contribution in [0.5, 0.6) is 0 Å². The number of aryl methyl sites for hydroxylation is 1. The quantitative estimate of drug-likeness (QED) is 0.118. The lowest BCUT2D eigenvalue weighted by atomic mass is 10.0. The standard InChI is InChI=1S/C30H30FN7O8S3/c1-3-36-10-16(24(39)15-8-17(31)20(9-19(15)36)37-4-6-47-7-5-37)29(44)46-11-14-12-48-27-22(26(41)38(27)23(14)28(42)43)34-25(40)21(35-45-2)18-13-49-30(32)33-18/h8-10,13,22,27H,3-7,11-12H2,1-2H3,(H2,32,33)(H,34,40)(H,42,43)/t22-,27-/m1/s1. The number of β-lactam (4-membered cyclic amide) rings is 1. The summed E-state index contributed by atoms with van der Waals surface area (Å²) in [5.41, 5.74) is 5.11. The predicted octanol–water partition coefficient (Wildman–Crippen LogP) is 1.70. The van der Waals surface area contributed by atoms with Crippen LogP contribution in [0.3, 0.4) is 0 Å². The molecule has 15 nitrogen and oxygen atoms in total. The van der Waals surface area contributed by atoms with Crippen LogP contribution in [0.2, 0.25) is 0 Å². The van der Waals surface area contributed by atoms with Crippen LogP contribution in [0.4, 0.5) is 15.2 Å². The number of carboxylic acid groups (broad SMARTS) is 1. The Labute approximate surface area is 290 Å². The van der Waals surface area contributed by atoms with Gasteiger partial charge in [-0.3, -0.25) is 19.3 Å². The summed E-state index contributed by atoms with van der Waals surface area (Å²) in [4.78, 5) is 76.9. The molecule has 0 aliphatic carbocycles. The second kappa shape index (κ2) is 14.1. The number of pyridine rings is 1. The summed E-state index contributed by atoms with van der Waals surface area (Å²) in [5, 5.41) is 17.2. The highest BCUT2D eigenvalue weighted by Gasteiger charge is 2.54. The molecule has 2 aromatic heterocycles. The molecule has 3 aromatic rings. The normalized spacial score (nSPS) is 19.4. The molecular formula is C30H30FN7O8S3. The molecule has 3 aliphatic heterocycles. The van der Waals surface area contributed by atoms with Gasteiger partial charge in [-0.15, -0.1) is 23.1 Å². The van der Waals surface area contributed by atoms with E-state index in [9.17, 15) is 29.1 Å². The highest BCUT2D eigenvalue weighted by atomic mass is 32.2. The van der Waals surface area contributed by atoms with E-state index in [-0.39, 0.29) is 44.5 Å². The molecule has 0 bridgehead atoms. The minimum absolute atomic E-state index is 0.0154. The number of carboxylic acids is 1. The molecule has 5 heterocycles. The maximum Gasteiger partial charge on any atom is 0.352 e. The number of benzene rings is 1.